The normalized spacial score (nSPS) is 17.5. The van der Waals surface area contributed by atoms with E-state index in [1.807, 2.05) is 6.08 Å². The molecule has 1 atom stereocenters. The van der Waals surface area contributed by atoms with Crippen LogP contribution in [0, 0.1) is 0 Å². The van der Waals surface area contributed by atoms with E-state index in [2.05, 4.69) is 0 Å². The molecule has 0 unspecified atom stereocenters. The Morgan fingerprint density at radius 3 is 2.59 bits per heavy atom. The van der Waals surface area contributed by atoms with Gasteiger partial charge in [0.2, 0.25) is 0 Å². The summed E-state index contributed by atoms with van der Waals surface area (Å²) in [5.41, 5.74) is 1.26. The van der Waals surface area contributed by atoms with Crippen LogP contribution < -0.4 is 4.74 Å². The molecular weight excluding hydrogens is 216 g/mol. The van der Waals surface area contributed by atoms with E-state index in [0.29, 0.717) is 12.0 Å². The molecule has 1 aromatic rings. The first-order chi connectivity index (χ1) is 8.22. The van der Waals surface area contributed by atoms with Gasteiger partial charge >= 0.3 is 0 Å². The summed E-state index contributed by atoms with van der Waals surface area (Å²) in [5, 5.41) is 10.1. The maximum Gasteiger partial charge on any atom is 0.161 e. The third-order valence-corrected chi connectivity index (χ3v) is 3.02. The predicted octanol–water partition coefficient (Wildman–Crippen LogP) is 2.41. The average molecular weight is 232 g/mol. The molecule has 1 aliphatic rings. The monoisotopic (exact) mass is 232 g/mol. The molecule has 0 aliphatic heterocycles. The summed E-state index contributed by atoms with van der Waals surface area (Å²) in [7, 11) is 1.60. The first-order valence-electron chi connectivity index (χ1n) is 5.77. The van der Waals surface area contributed by atoms with E-state index in [0.717, 1.165) is 24.2 Å². The second kappa shape index (κ2) is 5.15. The Morgan fingerprint density at radius 2 is 2.00 bits per heavy atom. The van der Waals surface area contributed by atoms with E-state index in [1.54, 1.807) is 31.4 Å². The first kappa shape index (κ1) is 11.9. The van der Waals surface area contributed by atoms with Gasteiger partial charge in [-0.3, -0.25) is 4.79 Å². The number of Topliss-reactive ketones (excluding diaryl/α,β-unsaturated/α-hetero) is 1. The number of carbonyl (C=O) groups excluding carboxylic acids is 1. The fourth-order valence-corrected chi connectivity index (χ4v) is 2.01. The number of benzene rings is 1. The SMILES string of the molecule is COc1ccc([C@H](O)C2=CCCCC2=O)cc1. The number of carbonyl (C=O) groups is 1. The van der Waals surface area contributed by atoms with Crippen molar-refractivity contribution in [1.29, 1.82) is 0 Å². The molecular formula is C14H16O3. The molecule has 3 heteroatoms. The van der Waals surface area contributed by atoms with Gasteiger partial charge in [-0.25, -0.2) is 0 Å². The maximum absolute atomic E-state index is 11.7. The van der Waals surface area contributed by atoms with Crippen LogP contribution in [-0.2, 0) is 4.79 Å². The minimum Gasteiger partial charge on any atom is -0.497 e. The van der Waals surface area contributed by atoms with Gasteiger partial charge in [0.25, 0.3) is 0 Å². The molecule has 0 heterocycles. The van der Waals surface area contributed by atoms with Crippen molar-refractivity contribution in [3.8, 4) is 5.75 Å². The van der Waals surface area contributed by atoms with Crippen LogP contribution in [0.1, 0.15) is 30.9 Å². The Morgan fingerprint density at radius 1 is 1.29 bits per heavy atom. The van der Waals surface area contributed by atoms with Crippen LogP contribution in [0.4, 0.5) is 0 Å². The number of allylic oxidation sites excluding steroid dienone is 1. The first-order valence-corrected chi connectivity index (χ1v) is 5.77. The number of ether oxygens (including phenoxy) is 1. The minimum absolute atomic E-state index is 0.0552. The van der Waals surface area contributed by atoms with Crippen molar-refractivity contribution in [3.63, 3.8) is 0 Å². The quantitative estimate of drug-likeness (QED) is 0.870. The van der Waals surface area contributed by atoms with Gasteiger partial charge in [0.05, 0.1) is 7.11 Å². The van der Waals surface area contributed by atoms with Crippen LogP contribution >= 0.6 is 0 Å². The van der Waals surface area contributed by atoms with Crippen LogP contribution in [0.15, 0.2) is 35.9 Å². The van der Waals surface area contributed by atoms with Gasteiger partial charge in [0.1, 0.15) is 11.9 Å². The third-order valence-electron chi connectivity index (χ3n) is 3.02. The second-order valence-corrected chi connectivity index (χ2v) is 4.15. The van der Waals surface area contributed by atoms with Gasteiger partial charge in [-0.05, 0) is 30.5 Å². The lowest BCUT2D eigenvalue weighted by Gasteiger charge is -2.18. The topological polar surface area (TPSA) is 46.5 Å². The van der Waals surface area contributed by atoms with E-state index in [9.17, 15) is 9.90 Å². The van der Waals surface area contributed by atoms with Crippen molar-refractivity contribution in [3.05, 3.63) is 41.5 Å². The molecule has 0 saturated carbocycles. The summed E-state index contributed by atoms with van der Waals surface area (Å²) < 4.78 is 5.05. The maximum atomic E-state index is 11.7. The van der Waals surface area contributed by atoms with Crippen molar-refractivity contribution in [1.82, 2.24) is 0 Å². The van der Waals surface area contributed by atoms with Crippen LogP contribution in [0.25, 0.3) is 0 Å². The third kappa shape index (κ3) is 2.56. The van der Waals surface area contributed by atoms with Crippen molar-refractivity contribution in [2.24, 2.45) is 0 Å². The zero-order chi connectivity index (χ0) is 12.3. The summed E-state index contributed by atoms with van der Waals surface area (Å²) >= 11 is 0. The van der Waals surface area contributed by atoms with E-state index in [-0.39, 0.29) is 5.78 Å². The van der Waals surface area contributed by atoms with Gasteiger partial charge in [-0.2, -0.15) is 0 Å². The largest absolute Gasteiger partial charge is 0.497 e. The summed E-state index contributed by atoms with van der Waals surface area (Å²) in [6.07, 6.45) is 3.33. The molecule has 0 fully saturated rings. The number of hydrogen-bond acceptors (Lipinski definition) is 3. The molecule has 0 bridgehead atoms. The van der Waals surface area contributed by atoms with Crippen molar-refractivity contribution < 1.29 is 14.6 Å². The Balaban J connectivity index is 2.21. The van der Waals surface area contributed by atoms with Crippen molar-refractivity contribution in [2.45, 2.75) is 25.4 Å². The number of aliphatic hydroxyl groups excluding tert-OH is 1. The smallest absolute Gasteiger partial charge is 0.161 e. The zero-order valence-electron chi connectivity index (χ0n) is 9.85. The number of aliphatic hydroxyl groups is 1. The van der Waals surface area contributed by atoms with E-state index in [1.165, 1.54) is 0 Å². The molecule has 17 heavy (non-hydrogen) atoms. The molecule has 0 saturated heterocycles. The highest BCUT2D eigenvalue weighted by molar-refractivity contribution is 5.97. The number of methoxy groups -OCH3 is 1. The minimum atomic E-state index is -0.811. The number of rotatable bonds is 3. The Hall–Kier alpha value is -1.61. The summed E-state index contributed by atoms with van der Waals surface area (Å²) in [4.78, 5) is 11.7. The Kier molecular flexibility index (Phi) is 3.59. The van der Waals surface area contributed by atoms with Crippen LogP contribution in [0.2, 0.25) is 0 Å². The van der Waals surface area contributed by atoms with Gasteiger partial charge in [-0.15, -0.1) is 0 Å². The summed E-state index contributed by atoms with van der Waals surface area (Å²) in [5.74, 6) is 0.796. The molecule has 1 aromatic carbocycles. The van der Waals surface area contributed by atoms with E-state index in [4.69, 9.17) is 4.74 Å². The molecule has 0 spiro atoms. The molecule has 90 valence electrons. The van der Waals surface area contributed by atoms with Gasteiger partial charge in [0, 0.05) is 12.0 Å². The Labute approximate surface area is 101 Å². The van der Waals surface area contributed by atoms with Gasteiger partial charge in [0.15, 0.2) is 5.78 Å². The highest BCUT2D eigenvalue weighted by Crippen LogP contribution is 2.28. The molecule has 1 N–H and O–H groups in total. The summed E-state index contributed by atoms with van der Waals surface area (Å²) in [6.45, 7) is 0. The van der Waals surface area contributed by atoms with Gasteiger partial charge < -0.3 is 9.84 Å². The second-order valence-electron chi connectivity index (χ2n) is 4.15. The summed E-state index contributed by atoms with van der Waals surface area (Å²) in [6, 6.07) is 7.14. The Bertz CT molecular complexity index is 431. The molecule has 3 nitrogen and oxygen atoms in total. The molecule has 0 radical (unpaired) electrons. The van der Waals surface area contributed by atoms with E-state index >= 15 is 0 Å². The van der Waals surface area contributed by atoms with Gasteiger partial charge in [-0.1, -0.05) is 18.2 Å². The lowest BCUT2D eigenvalue weighted by molar-refractivity contribution is -0.117. The van der Waals surface area contributed by atoms with Crippen molar-refractivity contribution in [2.75, 3.05) is 7.11 Å². The fraction of sp³-hybridized carbons (Fsp3) is 0.357. The van der Waals surface area contributed by atoms with Crippen LogP contribution in [-0.4, -0.2) is 18.0 Å². The van der Waals surface area contributed by atoms with Crippen LogP contribution in [0.3, 0.4) is 0 Å². The lowest BCUT2D eigenvalue weighted by Crippen LogP contribution is -2.14. The van der Waals surface area contributed by atoms with Crippen molar-refractivity contribution >= 4 is 5.78 Å². The lowest BCUT2D eigenvalue weighted by atomic mass is 9.91. The predicted molar refractivity (Wildman–Crippen MR) is 64.9 cm³/mol. The highest BCUT2D eigenvalue weighted by atomic mass is 16.5. The standard InChI is InChI=1S/C14H16O3/c1-17-11-8-6-10(7-9-11)14(16)12-4-2-3-5-13(12)15/h4,6-9,14,16H,2-3,5H2,1H3/t14-/m0/s1. The molecule has 0 aromatic heterocycles. The number of hydrogen-bond donors (Lipinski definition) is 1. The molecule has 1 aliphatic carbocycles. The number of ketones is 1. The van der Waals surface area contributed by atoms with Crippen LogP contribution in [0.5, 0.6) is 5.75 Å². The van der Waals surface area contributed by atoms with E-state index < -0.39 is 6.10 Å². The molecule has 0 amide bonds. The molecule has 2 rings (SSSR count). The highest BCUT2D eigenvalue weighted by Gasteiger charge is 2.22. The fourth-order valence-electron chi connectivity index (χ4n) is 2.01. The zero-order valence-corrected chi connectivity index (χ0v) is 9.85. The average Bonchev–Trinajstić information content (AvgIpc) is 2.39.